The first kappa shape index (κ1) is 11.2. The molecule has 0 amide bonds. The lowest BCUT2D eigenvalue weighted by atomic mass is 9.99. The Morgan fingerprint density at radius 1 is 1.43 bits per heavy atom. The van der Waals surface area contributed by atoms with Crippen molar-refractivity contribution in [2.45, 2.75) is 12.3 Å². The van der Waals surface area contributed by atoms with Gasteiger partial charge >= 0.3 is 0 Å². The van der Waals surface area contributed by atoms with E-state index < -0.39 is 12.3 Å². The van der Waals surface area contributed by atoms with E-state index in [0.29, 0.717) is 5.02 Å². The Labute approximate surface area is 85.3 Å². The molecule has 0 bridgehead atoms. The number of hydrogen-bond donors (Lipinski definition) is 2. The molecule has 1 rings (SSSR count). The SMILES string of the molecule is NCC(c1cc(Cl)ccc1O)C(F)F. The van der Waals surface area contributed by atoms with Gasteiger partial charge < -0.3 is 10.8 Å². The maximum Gasteiger partial charge on any atom is 0.246 e. The van der Waals surface area contributed by atoms with Crippen molar-refractivity contribution in [3.8, 4) is 5.75 Å². The third-order valence-corrected chi connectivity index (χ3v) is 2.18. The van der Waals surface area contributed by atoms with Crippen molar-refractivity contribution in [2.24, 2.45) is 5.73 Å². The second kappa shape index (κ2) is 4.57. The summed E-state index contributed by atoms with van der Waals surface area (Å²) >= 11 is 5.63. The number of hydrogen-bond acceptors (Lipinski definition) is 2. The molecule has 1 atom stereocenters. The molecular formula is C9H10ClF2NO. The molecule has 0 spiro atoms. The molecule has 0 fully saturated rings. The molecule has 0 aliphatic carbocycles. The van der Waals surface area contributed by atoms with Crippen LogP contribution in [0.5, 0.6) is 5.75 Å². The number of phenols is 1. The Balaban J connectivity index is 3.08. The fourth-order valence-corrected chi connectivity index (χ4v) is 1.37. The summed E-state index contributed by atoms with van der Waals surface area (Å²) in [4.78, 5) is 0. The fourth-order valence-electron chi connectivity index (χ4n) is 1.19. The number of alkyl halides is 2. The first-order valence-corrected chi connectivity index (χ1v) is 4.40. The summed E-state index contributed by atoms with van der Waals surface area (Å²) < 4.78 is 24.9. The molecule has 1 unspecified atom stereocenters. The first-order chi connectivity index (χ1) is 6.56. The van der Waals surface area contributed by atoms with Crippen LogP contribution in [0.2, 0.25) is 5.02 Å². The first-order valence-electron chi connectivity index (χ1n) is 4.03. The van der Waals surface area contributed by atoms with E-state index in [1.807, 2.05) is 0 Å². The van der Waals surface area contributed by atoms with E-state index in [1.54, 1.807) is 0 Å². The number of aromatic hydroxyl groups is 1. The van der Waals surface area contributed by atoms with Crippen LogP contribution >= 0.6 is 11.6 Å². The summed E-state index contributed by atoms with van der Waals surface area (Å²) in [6.07, 6.45) is -2.61. The van der Waals surface area contributed by atoms with Gasteiger partial charge in [0.1, 0.15) is 5.75 Å². The topological polar surface area (TPSA) is 46.2 Å². The number of rotatable bonds is 3. The minimum Gasteiger partial charge on any atom is -0.508 e. The van der Waals surface area contributed by atoms with Gasteiger partial charge in [-0.25, -0.2) is 8.78 Å². The van der Waals surface area contributed by atoms with Crippen molar-refractivity contribution in [2.75, 3.05) is 6.54 Å². The van der Waals surface area contributed by atoms with Crippen LogP contribution in [-0.2, 0) is 0 Å². The Bertz CT molecular complexity index is 320. The second-order valence-corrected chi connectivity index (χ2v) is 3.32. The number of phenolic OH excluding ortho intramolecular Hbond substituents is 1. The molecule has 14 heavy (non-hydrogen) atoms. The monoisotopic (exact) mass is 221 g/mol. The van der Waals surface area contributed by atoms with Crippen LogP contribution in [0.25, 0.3) is 0 Å². The van der Waals surface area contributed by atoms with E-state index in [0.717, 1.165) is 0 Å². The Kier molecular flexibility index (Phi) is 3.66. The van der Waals surface area contributed by atoms with Crippen molar-refractivity contribution in [1.82, 2.24) is 0 Å². The summed E-state index contributed by atoms with van der Waals surface area (Å²) in [6, 6.07) is 4.02. The predicted octanol–water partition coefficient (Wildman–Crippen LogP) is 2.35. The molecule has 0 aromatic heterocycles. The van der Waals surface area contributed by atoms with Crippen molar-refractivity contribution in [1.29, 1.82) is 0 Å². The highest BCUT2D eigenvalue weighted by Crippen LogP contribution is 2.31. The van der Waals surface area contributed by atoms with Gasteiger partial charge in [-0.2, -0.15) is 0 Å². The summed E-state index contributed by atoms with van der Waals surface area (Å²) in [5.41, 5.74) is 5.28. The largest absolute Gasteiger partial charge is 0.508 e. The van der Waals surface area contributed by atoms with Crippen LogP contribution < -0.4 is 5.73 Å². The molecule has 5 heteroatoms. The fraction of sp³-hybridized carbons (Fsp3) is 0.333. The Morgan fingerprint density at radius 3 is 2.57 bits per heavy atom. The van der Waals surface area contributed by atoms with Crippen molar-refractivity contribution >= 4 is 11.6 Å². The van der Waals surface area contributed by atoms with Crippen molar-refractivity contribution < 1.29 is 13.9 Å². The minimum absolute atomic E-state index is 0.0926. The molecule has 78 valence electrons. The highest BCUT2D eigenvalue weighted by molar-refractivity contribution is 6.30. The molecule has 0 aliphatic heterocycles. The quantitative estimate of drug-likeness (QED) is 0.823. The summed E-state index contributed by atoms with van der Waals surface area (Å²) in [6.45, 7) is -0.231. The van der Waals surface area contributed by atoms with E-state index in [1.165, 1.54) is 18.2 Å². The molecule has 0 radical (unpaired) electrons. The minimum atomic E-state index is -2.61. The predicted molar refractivity (Wildman–Crippen MR) is 50.9 cm³/mol. The van der Waals surface area contributed by atoms with Crippen LogP contribution in [-0.4, -0.2) is 18.1 Å². The van der Waals surface area contributed by atoms with Crippen LogP contribution in [0.15, 0.2) is 18.2 Å². The second-order valence-electron chi connectivity index (χ2n) is 2.88. The van der Waals surface area contributed by atoms with Crippen molar-refractivity contribution in [3.05, 3.63) is 28.8 Å². The molecule has 2 nitrogen and oxygen atoms in total. The zero-order valence-corrected chi connectivity index (χ0v) is 8.01. The molecule has 0 saturated carbocycles. The third kappa shape index (κ3) is 2.33. The summed E-state index contributed by atoms with van der Waals surface area (Å²) in [7, 11) is 0. The lowest BCUT2D eigenvalue weighted by Crippen LogP contribution is -2.19. The maximum absolute atomic E-state index is 12.5. The van der Waals surface area contributed by atoms with Crippen LogP contribution in [0.1, 0.15) is 11.5 Å². The molecular weight excluding hydrogens is 212 g/mol. The number of nitrogens with two attached hydrogens (primary N) is 1. The third-order valence-electron chi connectivity index (χ3n) is 1.95. The maximum atomic E-state index is 12.5. The average molecular weight is 222 g/mol. The smallest absolute Gasteiger partial charge is 0.246 e. The van der Waals surface area contributed by atoms with Gasteiger partial charge in [-0.3, -0.25) is 0 Å². The van der Waals surface area contributed by atoms with Gasteiger partial charge in [0.2, 0.25) is 6.43 Å². The van der Waals surface area contributed by atoms with Gasteiger partial charge in [-0.05, 0) is 18.2 Å². The molecule has 1 aromatic rings. The highest BCUT2D eigenvalue weighted by Gasteiger charge is 2.23. The van der Waals surface area contributed by atoms with Gasteiger partial charge in [0.15, 0.2) is 0 Å². The van der Waals surface area contributed by atoms with Crippen LogP contribution in [0.4, 0.5) is 8.78 Å². The van der Waals surface area contributed by atoms with Crippen molar-refractivity contribution in [3.63, 3.8) is 0 Å². The zero-order chi connectivity index (χ0) is 10.7. The summed E-state index contributed by atoms with van der Waals surface area (Å²) in [5, 5.41) is 9.64. The van der Waals surface area contributed by atoms with Gasteiger partial charge in [0.25, 0.3) is 0 Å². The van der Waals surface area contributed by atoms with Crippen LogP contribution in [0, 0.1) is 0 Å². The van der Waals surface area contributed by atoms with E-state index in [9.17, 15) is 13.9 Å². The lowest BCUT2D eigenvalue weighted by molar-refractivity contribution is 0.116. The van der Waals surface area contributed by atoms with E-state index in [-0.39, 0.29) is 17.9 Å². The van der Waals surface area contributed by atoms with E-state index >= 15 is 0 Å². The normalized spacial score (nSPS) is 13.2. The van der Waals surface area contributed by atoms with Gasteiger partial charge in [-0.15, -0.1) is 0 Å². The molecule has 3 N–H and O–H groups in total. The zero-order valence-electron chi connectivity index (χ0n) is 7.25. The van der Waals surface area contributed by atoms with Crippen LogP contribution in [0.3, 0.4) is 0 Å². The Hall–Kier alpha value is -0.870. The highest BCUT2D eigenvalue weighted by atomic mass is 35.5. The van der Waals surface area contributed by atoms with E-state index in [2.05, 4.69) is 0 Å². The lowest BCUT2D eigenvalue weighted by Gasteiger charge is -2.15. The average Bonchev–Trinajstić information content (AvgIpc) is 2.11. The Morgan fingerprint density at radius 2 is 2.07 bits per heavy atom. The molecule has 0 heterocycles. The molecule has 0 saturated heterocycles. The number of benzene rings is 1. The van der Waals surface area contributed by atoms with Gasteiger partial charge in [0.05, 0.1) is 5.92 Å². The number of halogens is 3. The molecule has 0 aliphatic rings. The van der Waals surface area contributed by atoms with Gasteiger partial charge in [-0.1, -0.05) is 11.6 Å². The molecule has 1 aromatic carbocycles. The van der Waals surface area contributed by atoms with Gasteiger partial charge in [0, 0.05) is 17.1 Å². The standard InChI is InChI=1S/C9H10ClF2NO/c10-5-1-2-8(14)6(3-5)7(4-13)9(11)12/h1-3,7,9,14H,4,13H2. The summed E-state index contributed by atoms with van der Waals surface area (Å²) in [5.74, 6) is -1.38. The van der Waals surface area contributed by atoms with E-state index in [4.69, 9.17) is 17.3 Å².